The Kier molecular flexibility index (Phi) is 5.13. The first kappa shape index (κ1) is 17.2. The average Bonchev–Trinajstić information content (AvgIpc) is 2.60. The van der Waals surface area contributed by atoms with Crippen molar-refractivity contribution in [3.05, 3.63) is 77.0 Å². The Bertz CT molecular complexity index is 887. The minimum atomic E-state index is -0.0262. The summed E-state index contributed by atoms with van der Waals surface area (Å²) in [6, 6.07) is 18.4. The number of pyridine rings is 1. The number of carbonyl (C=O) groups excluding carboxylic acids is 1. The van der Waals surface area contributed by atoms with Crippen LogP contribution in [0.25, 0.3) is 10.9 Å². The highest BCUT2D eigenvalue weighted by Gasteiger charge is 2.14. The lowest BCUT2D eigenvalue weighted by Gasteiger charge is -2.15. The zero-order valence-electron chi connectivity index (χ0n) is 15.0. The van der Waals surface area contributed by atoms with Crippen molar-refractivity contribution in [1.29, 1.82) is 0 Å². The van der Waals surface area contributed by atoms with Crippen molar-refractivity contribution in [2.75, 3.05) is 0 Å². The Morgan fingerprint density at radius 1 is 1.08 bits per heavy atom. The molecule has 1 aromatic heterocycles. The van der Waals surface area contributed by atoms with Crippen molar-refractivity contribution in [2.45, 2.75) is 39.7 Å². The molecule has 3 heteroatoms. The second kappa shape index (κ2) is 7.47. The maximum Gasteiger partial charge on any atom is 0.252 e. The molecule has 0 aliphatic rings. The Morgan fingerprint density at radius 3 is 2.60 bits per heavy atom. The molecule has 1 amide bonds. The molecule has 0 radical (unpaired) electrons. The third-order valence-corrected chi connectivity index (χ3v) is 4.42. The van der Waals surface area contributed by atoms with E-state index in [2.05, 4.69) is 29.4 Å². The average molecular weight is 332 g/mol. The smallest absolute Gasteiger partial charge is 0.252 e. The van der Waals surface area contributed by atoms with E-state index >= 15 is 0 Å². The SMILES string of the molecule is Cc1ccc2nc(C)cc(C(=O)NC(C)CCc3ccccc3)c2c1. The van der Waals surface area contributed by atoms with Crippen LogP contribution < -0.4 is 5.32 Å². The number of hydrogen-bond donors (Lipinski definition) is 1. The van der Waals surface area contributed by atoms with Crippen molar-refractivity contribution < 1.29 is 4.79 Å². The Labute approximate surface area is 149 Å². The number of rotatable bonds is 5. The maximum absolute atomic E-state index is 12.8. The highest BCUT2D eigenvalue weighted by atomic mass is 16.1. The van der Waals surface area contributed by atoms with Gasteiger partial charge < -0.3 is 5.32 Å². The van der Waals surface area contributed by atoms with Crippen molar-refractivity contribution in [3.63, 3.8) is 0 Å². The van der Waals surface area contributed by atoms with Crippen LogP contribution in [-0.2, 0) is 6.42 Å². The zero-order chi connectivity index (χ0) is 17.8. The van der Waals surface area contributed by atoms with Gasteiger partial charge in [0.05, 0.1) is 11.1 Å². The molecular formula is C22H24N2O. The van der Waals surface area contributed by atoms with Crippen LogP contribution in [0.2, 0.25) is 0 Å². The number of nitrogens with zero attached hydrogens (tertiary/aromatic N) is 1. The summed E-state index contributed by atoms with van der Waals surface area (Å²) in [6.07, 6.45) is 1.87. The van der Waals surface area contributed by atoms with Gasteiger partial charge in [-0.3, -0.25) is 9.78 Å². The normalized spacial score (nSPS) is 12.1. The molecule has 1 atom stereocenters. The number of amides is 1. The molecule has 25 heavy (non-hydrogen) atoms. The first-order valence-corrected chi connectivity index (χ1v) is 8.76. The van der Waals surface area contributed by atoms with E-state index < -0.39 is 0 Å². The number of nitrogens with one attached hydrogen (secondary N) is 1. The molecule has 3 nitrogen and oxygen atoms in total. The van der Waals surface area contributed by atoms with Gasteiger partial charge in [0.15, 0.2) is 0 Å². The Balaban J connectivity index is 1.74. The molecule has 2 aromatic carbocycles. The highest BCUT2D eigenvalue weighted by Crippen LogP contribution is 2.20. The molecule has 128 valence electrons. The van der Waals surface area contributed by atoms with Crippen molar-refractivity contribution in [3.8, 4) is 0 Å². The molecule has 3 rings (SSSR count). The summed E-state index contributed by atoms with van der Waals surface area (Å²) in [6.45, 7) is 6.01. The van der Waals surface area contributed by atoms with Gasteiger partial charge in [-0.25, -0.2) is 0 Å². The van der Waals surface area contributed by atoms with Gasteiger partial charge in [-0.2, -0.15) is 0 Å². The van der Waals surface area contributed by atoms with Crippen molar-refractivity contribution in [1.82, 2.24) is 10.3 Å². The van der Waals surface area contributed by atoms with Crippen LogP contribution in [-0.4, -0.2) is 16.9 Å². The molecule has 0 saturated carbocycles. The number of benzene rings is 2. The molecule has 1 N–H and O–H groups in total. The van der Waals surface area contributed by atoms with E-state index in [0.29, 0.717) is 5.56 Å². The minimum absolute atomic E-state index is 0.0262. The quantitative estimate of drug-likeness (QED) is 0.742. The molecule has 0 spiro atoms. The van der Waals surface area contributed by atoms with Gasteiger partial charge >= 0.3 is 0 Å². The third kappa shape index (κ3) is 4.24. The molecule has 0 saturated heterocycles. The Morgan fingerprint density at radius 2 is 1.84 bits per heavy atom. The zero-order valence-corrected chi connectivity index (χ0v) is 15.0. The molecule has 1 unspecified atom stereocenters. The summed E-state index contributed by atoms with van der Waals surface area (Å²) in [5.74, 6) is -0.0262. The second-order valence-corrected chi connectivity index (χ2v) is 6.73. The summed E-state index contributed by atoms with van der Waals surface area (Å²) >= 11 is 0. The fourth-order valence-electron chi connectivity index (χ4n) is 3.06. The number of aromatic nitrogens is 1. The maximum atomic E-state index is 12.8. The van der Waals surface area contributed by atoms with E-state index in [1.165, 1.54) is 5.56 Å². The van der Waals surface area contributed by atoms with Gasteiger partial charge in [0, 0.05) is 17.1 Å². The fraction of sp³-hybridized carbons (Fsp3) is 0.273. The molecule has 0 bridgehead atoms. The monoisotopic (exact) mass is 332 g/mol. The van der Waals surface area contributed by atoms with E-state index in [-0.39, 0.29) is 11.9 Å². The highest BCUT2D eigenvalue weighted by molar-refractivity contribution is 6.06. The van der Waals surface area contributed by atoms with Gasteiger partial charge in [-0.1, -0.05) is 42.0 Å². The minimum Gasteiger partial charge on any atom is -0.350 e. The fourth-order valence-corrected chi connectivity index (χ4v) is 3.06. The van der Waals surface area contributed by atoms with Gasteiger partial charge in [-0.05, 0) is 57.4 Å². The Hall–Kier alpha value is -2.68. The standard InChI is InChI=1S/C22H24N2O/c1-15-9-12-21-19(13-15)20(14-17(3)23-21)22(25)24-16(2)10-11-18-7-5-4-6-8-18/h4-9,12-14,16H,10-11H2,1-3H3,(H,24,25). The largest absolute Gasteiger partial charge is 0.350 e. The predicted molar refractivity (Wildman–Crippen MR) is 103 cm³/mol. The number of fused-ring (bicyclic) bond motifs is 1. The molecule has 1 heterocycles. The van der Waals surface area contributed by atoms with Gasteiger partial charge in [0.1, 0.15) is 0 Å². The summed E-state index contributed by atoms with van der Waals surface area (Å²) in [5.41, 5.74) is 4.86. The van der Waals surface area contributed by atoms with E-state index in [1.54, 1.807) is 0 Å². The number of hydrogen-bond acceptors (Lipinski definition) is 2. The van der Waals surface area contributed by atoms with Crippen LogP contribution >= 0.6 is 0 Å². The molecule has 0 aliphatic heterocycles. The van der Waals surface area contributed by atoms with Crippen molar-refractivity contribution in [2.24, 2.45) is 0 Å². The second-order valence-electron chi connectivity index (χ2n) is 6.73. The topological polar surface area (TPSA) is 42.0 Å². The summed E-state index contributed by atoms with van der Waals surface area (Å²) in [7, 11) is 0. The lowest BCUT2D eigenvalue weighted by Crippen LogP contribution is -2.33. The summed E-state index contributed by atoms with van der Waals surface area (Å²) in [4.78, 5) is 17.3. The van der Waals surface area contributed by atoms with Crippen LogP contribution in [0.5, 0.6) is 0 Å². The van der Waals surface area contributed by atoms with Crippen LogP contribution in [0.1, 0.15) is 40.5 Å². The van der Waals surface area contributed by atoms with E-state index in [1.807, 2.05) is 56.3 Å². The number of carbonyl (C=O) groups is 1. The third-order valence-electron chi connectivity index (χ3n) is 4.42. The number of aryl methyl sites for hydroxylation is 3. The van der Waals surface area contributed by atoms with Crippen molar-refractivity contribution >= 4 is 16.8 Å². The summed E-state index contributed by atoms with van der Waals surface area (Å²) in [5, 5.41) is 4.05. The van der Waals surface area contributed by atoms with Gasteiger partial charge in [0.2, 0.25) is 0 Å². The first-order valence-electron chi connectivity index (χ1n) is 8.76. The molecular weight excluding hydrogens is 308 g/mol. The molecule has 3 aromatic rings. The van der Waals surface area contributed by atoms with E-state index in [9.17, 15) is 4.79 Å². The van der Waals surface area contributed by atoms with Crippen LogP contribution in [0, 0.1) is 13.8 Å². The molecule has 0 fully saturated rings. The van der Waals surface area contributed by atoms with Crippen LogP contribution in [0.15, 0.2) is 54.6 Å². The van der Waals surface area contributed by atoms with E-state index in [4.69, 9.17) is 0 Å². The molecule has 0 aliphatic carbocycles. The van der Waals surface area contributed by atoms with Gasteiger partial charge in [-0.15, -0.1) is 0 Å². The van der Waals surface area contributed by atoms with Crippen LogP contribution in [0.4, 0.5) is 0 Å². The lowest BCUT2D eigenvalue weighted by molar-refractivity contribution is 0.0940. The van der Waals surface area contributed by atoms with Gasteiger partial charge in [0.25, 0.3) is 5.91 Å². The van der Waals surface area contributed by atoms with E-state index in [0.717, 1.165) is 35.0 Å². The first-order chi connectivity index (χ1) is 12.0. The summed E-state index contributed by atoms with van der Waals surface area (Å²) < 4.78 is 0. The lowest BCUT2D eigenvalue weighted by atomic mass is 10.0. The van der Waals surface area contributed by atoms with Crippen LogP contribution in [0.3, 0.4) is 0 Å². The predicted octanol–water partition coefficient (Wildman–Crippen LogP) is 4.60.